The van der Waals surface area contributed by atoms with Crippen LogP contribution in [0.1, 0.15) is 80.2 Å². The summed E-state index contributed by atoms with van der Waals surface area (Å²) in [6, 6.07) is 3.65. The Hall–Kier alpha value is -1.37. The van der Waals surface area contributed by atoms with Gasteiger partial charge in [-0.2, -0.15) is 0 Å². The minimum Gasteiger partial charge on any atom is -0.458 e. The van der Waals surface area contributed by atoms with Gasteiger partial charge in [0.15, 0.2) is 22.9 Å². The van der Waals surface area contributed by atoms with Gasteiger partial charge in [0.25, 0.3) is 0 Å². The molecule has 1 aliphatic heterocycles. The van der Waals surface area contributed by atoms with Gasteiger partial charge in [-0.3, -0.25) is 4.98 Å². The summed E-state index contributed by atoms with van der Waals surface area (Å²) in [6.07, 6.45) is 8.01. The van der Waals surface area contributed by atoms with Crippen LogP contribution in [0.2, 0.25) is 36.3 Å². The van der Waals surface area contributed by atoms with Crippen molar-refractivity contribution in [2.45, 2.75) is 148 Å². The molecule has 228 valence electrons. The molecule has 1 aromatic heterocycles. The van der Waals surface area contributed by atoms with Crippen LogP contribution in [0.5, 0.6) is 0 Å². The van der Waals surface area contributed by atoms with Crippen molar-refractivity contribution in [1.82, 2.24) is 4.98 Å². The van der Waals surface area contributed by atoms with Gasteiger partial charge in [-0.05, 0) is 80.6 Å². The number of hydrogen-bond acceptors (Lipinski definition) is 7. The van der Waals surface area contributed by atoms with Gasteiger partial charge >= 0.3 is 5.97 Å². The van der Waals surface area contributed by atoms with Crippen molar-refractivity contribution in [3.63, 3.8) is 0 Å². The average Bonchev–Trinajstić information content (AvgIpc) is 2.82. The lowest BCUT2D eigenvalue weighted by Crippen LogP contribution is -2.57. The van der Waals surface area contributed by atoms with Crippen LogP contribution in [0.3, 0.4) is 0 Å². The minimum atomic E-state index is -2.08. The van der Waals surface area contributed by atoms with E-state index in [1.54, 1.807) is 12.4 Å². The second kappa shape index (κ2) is 14.2. The van der Waals surface area contributed by atoms with E-state index < -0.39 is 22.9 Å². The summed E-state index contributed by atoms with van der Waals surface area (Å²) >= 11 is 0. The average molecular weight is 594 g/mol. The second-order valence-electron chi connectivity index (χ2n) is 14.2. The number of pyridine rings is 1. The van der Waals surface area contributed by atoms with Crippen LogP contribution in [0, 0.1) is 0 Å². The van der Waals surface area contributed by atoms with E-state index in [0.717, 1.165) is 18.4 Å². The summed E-state index contributed by atoms with van der Waals surface area (Å²) in [5, 5.41) is 0.183. The Morgan fingerprint density at radius 3 is 2.12 bits per heavy atom. The zero-order valence-corrected chi connectivity index (χ0v) is 29.1. The zero-order valence-electron chi connectivity index (χ0n) is 27.1. The molecule has 1 aromatic rings. The van der Waals surface area contributed by atoms with E-state index in [1.165, 1.54) is 6.08 Å². The van der Waals surface area contributed by atoms with Crippen LogP contribution in [0.25, 0.3) is 0 Å². The quantitative estimate of drug-likeness (QED) is 0.139. The molecule has 5 atom stereocenters. The summed E-state index contributed by atoms with van der Waals surface area (Å²) in [5.41, 5.74) is 0.909. The predicted molar refractivity (Wildman–Crippen MR) is 166 cm³/mol. The fourth-order valence-electron chi connectivity index (χ4n) is 3.89. The van der Waals surface area contributed by atoms with Gasteiger partial charge in [0.05, 0.1) is 24.4 Å². The van der Waals surface area contributed by atoms with Gasteiger partial charge in [-0.25, -0.2) is 4.79 Å². The number of aromatic nitrogens is 1. The molecule has 0 amide bonds. The third kappa shape index (κ3) is 10.5. The van der Waals surface area contributed by atoms with Gasteiger partial charge in [-0.1, -0.05) is 47.6 Å². The number of ether oxygens (including phenoxy) is 3. The molecule has 1 aliphatic rings. The van der Waals surface area contributed by atoms with Crippen molar-refractivity contribution in [1.29, 1.82) is 0 Å². The summed E-state index contributed by atoms with van der Waals surface area (Å²) in [7, 11) is -4.06. The largest absolute Gasteiger partial charge is 0.458 e. The first-order valence-corrected chi connectivity index (χ1v) is 20.5. The fraction of sp³-hybridized carbons (Fsp3) is 0.742. The summed E-state index contributed by atoms with van der Waals surface area (Å²) in [6.45, 7) is 27.0. The Kier molecular flexibility index (Phi) is 12.4. The Labute approximate surface area is 245 Å². The number of carbonyl (C=O) groups excluding carboxylic acids is 1. The van der Waals surface area contributed by atoms with Crippen LogP contribution in [0.15, 0.2) is 36.7 Å². The molecule has 1 unspecified atom stereocenters. The van der Waals surface area contributed by atoms with Crippen molar-refractivity contribution in [2.24, 2.45) is 0 Å². The summed E-state index contributed by atoms with van der Waals surface area (Å²) in [5.74, 6) is -0.356. The Balaban J connectivity index is 2.00. The molecule has 0 radical (unpaired) electrons. The Morgan fingerprint density at radius 2 is 1.57 bits per heavy atom. The van der Waals surface area contributed by atoms with Gasteiger partial charge in [0, 0.05) is 24.9 Å². The number of rotatable bonds is 12. The van der Waals surface area contributed by atoms with Crippen LogP contribution >= 0.6 is 0 Å². The molecule has 9 heteroatoms. The van der Waals surface area contributed by atoms with E-state index in [0.29, 0.717) is 6.42 Å². The molecule has 0 bridgehead atoms. The molecule has 0 N–H and O–H groups in total. The van der Waals surface area contributed by atoms with Gasteiger partial charge < -0.3 is 23.1 Å². The monoisotopic (exact) mass is 593 g/mol. The molecule has 0 spiro atoms. The SMILES string of the molecule is CC(CCC=CC(=O)OCc1ccncc1)O[C@@H]1O[C@@H](C)[C@H](O[Si](C)(C)C(C)(C)C)C[C@H]1O[Si](C)(C)C(C)(C)C. The Bertz CT molecular complexity index is 955. The van der Waals surface area contributed by atoms with Gasteiger partial charge in [-0.15, -0.1) is 0 Å². The molecule has 0 aliphatic carbocycles. The zero-order chi connectivity index (χ0) is 30.4. The first-order valence-electron chi connectivity index (χ1n) is 14.7. The minimum absolute atomic E-state index is 0.0353. The molecule has 0 aromatic carbocycles. The maximum atomic E-state index is 12.1. The van der Waals surface area contributed by atoms with Crippen molar-refractivity contribution >= 4 is 22.6 Å². The first kappa shape index (κ1) is 34.8. The van der Waals surface area contributed by atoms with E-state index >= 15 is 0 Å². The highest BCUT2D eigenvalue weighted by atomic mass is 28.4. The lowest BCUT2D eigenvalue weighted by Gasteiger charge is -2.48. The fourth-order valence-corrected chi connectivity index (χ4v) is 6.60. The highest BCUT2D eigenvalue weighted by Gasteiger charge is 2.48. The maximum absolute atomic E-state index is 12.1. The highest BCUT2D eigenvalue weighted by Crippen LogP contribution is 2.42. The van der Waals surface area contributed by atoms with Gasteiger partial charge in [0.1, 0.15) is 6.61 Å². The predicted octanol–water partition coefficient (Wildman–Crippen LogP) is 7.78. The third-order valence-corrected chi connectivity index (χ3v) is 17.6. The first-order chi connectivity index (χ1) is 18.3. The number of carbonyl (C=O) groups is 1. The Morgan fingerprint density at radius 1 is 1.02 bits per heavy atom. The molecule has 7 nitrogen and oxygen atoms in total. The lowest BCUT2D eigenvalue weighted by atomic mass is 10.0. The molecule has 1 saturated heterocycles. The topological polar surface area (TPSA) is 76.1 Å². The van der Waals surface area contributed by atoms with Crippen molar-refractivity contribution in [3.8, 4) is 0 Å². The highest BCUT2D eigenvalue weighted by molar-refractivity contribution is 6.74. The summed E-state index contributed by atoms with van der Waals surface area (Å²) < 4.78 is 32.0. The molecule has 1 fully saturated rings. The molecule has 40 heavy (non-hydrogen) atoms. The van der Waals surface area contributed by atoms with E-state index in [2.05, 4.69) is 79.6 Å². The summed E-state index contributed by atoms with van der Waals surface area (Å²) in [4.78, 5) is 16.0. The molecular weight excluding hydrogens is 539 g/mol. The van der Waals surface area contributed by atoms with E-state index in [9.17, 15) is 4.79 Å². The van der Waals surface area contributed by atoms with Crippen molar-refractivity contribution < 1.29 is 27.9 Å². The van der Waals surface area contributed by atoms with E-state index in [1.807, 2.05) is 25.1 Å². The van der Waals surface area contributed by atoms with Crippen molar-refractivity contribution in [3.05, 3.63) is 42.2 Å². The number of hydrogen-bond donors (Lipinski definition) is 0. The van der Waals surface area contributed by atoms with Crippen LogP contribution < -0.4 is 0 Å². The molecule has 2 heterocycles. The maximum Gasteiger partial charge on any atom is 0.330 e. The molecule has 2 rings (SSSR count). The second-order valence-corrected chi connectivity index (χ2v) is 23.7. The van der Waals surface area contributed by atoms with Gasteiger partial charge in [0.2, 0.25) is 0 Å². The van der Waals surface area contributed by atoms with Crippen LogP contribution in [0.4, 0.5) is 0 Å². The normalized spacial score (nSPS) is 23.8. The molecular formula is C31H55NO6Si2. The molecule has 0 saturated carbocycles. The van der Waals surface area contributed by atoms with E-state index in [-0.39, 0.29) is 47.1 Å². The third-order valence-electron chi connectivity index (χ3n) is 8.64. The number of esters is 1. The number of allylic oxidation sites excluding steroid dienone is 1. The standard InChI is InChI=1S/C31H55NO6Si2/c1-23(15-13-14-16-28(33)34-22-25-17-19-32-20-18-25)35-29-27(38-40(11,12)31(6,7)8)21-26(24(2)36-29)37-39(9,10)30(3,4)5/h14,16-20,23-24,26-27,29H,13,15,21-22H2,1-12H3/t23?,24-,26+,27+,29+/m0/s1. The number of nitrogens with zero attached hydrogens (tertiary/aromatic N) is 1. The van der Waals surface area contributed by atoms with Crippen molar-refractivity contribution in [2.75, 3.05) is 0 Å². The van der Waals surface area contributed by atoms with E-state index in [4.69, 9.17) is 23.1 Å². The lowest BCUT2D eigenvalue weighted by molar-refractivity contribution is -0.268. The van der Waals surface area contributed by atoms with Crippen LogP contribution in [-0.2, 0) is 34.5 Å². The smallest absolute Gasteiger partial charge is 0.330 e. The van der Waals surface area contributed by atoms with Crippen LogP contribution in [-0.4, -0.2) is 58.3 Å².